The van der Waals surface area contributed by atoms with Crippen molar-refractivity contribution in [1.29, 1.82) is 0 Å². The molecule has 0 saturated heterocycles. The monoisotopic (exact) mass is 490 g/mol. The van der Waals surface area contributed by atoms with Crippen LogP contribution in [0.15, 0.2) is 72.8 Å². The maximum Gasteiger partial charge on any atom is 0.261 e. The van der Waals surface area contributed by atoms with E-state index in [1.807, 2.05) is 83.1 Å². The molecule has 5 nitrogen and oxygen atoms in total. The summed E-state index contributed by atoms with van der Waals surface area (Å²) in [6.07, 6.45) is 0.333. The zero-order valence-electron chi connectivity index (χ0n) is 21.7. The van der Waals surface area contributed by atoms with E-state index in [0.717, 1.165) is 22.3 Å². The Bertz CT molecular complexity index is 1170. The van der Waals surface area contributed by atoms with E-state index in [4.69, 9.17) is 4.74 Å². The van der Waals surface area contributed by atoms with Crippen LogP contribution in [0, 0.1) is 19.7 Å². The quantitative estimate of drug-likeness (QED) is 0.438. The zero-order chi connectivity index (χ0) is 26.3. The lowest BCUT2D eigenvalue weighted by atomic mass is 10.0. The fraction of sp³-hybridized carbons (Fsp3) is 0.333. The molecule has 0 heterocycles. The summed E-state index contributed by atoms with van der Waals surface area (Å²) in [5.41, 5.74) is 3.19. The molecular weight excluding hydrogens is 455 g/mol. The number of carbonyl (C=O) groups excluding carboxylic acids is 2. The Kier molecular flexibility index (Phi) is 8.86. The van der Waals surface area contributed by atoms with Gasteiger partial charge in [-0.15, -0.1) is 0 Å². The van der Waals surface area contributed by atoms with Crippen LogP contribution in [-0.2, 0) is 22.6 Å². The Morgan fingerprint density at radius 1 is 0.917 bits per heavy atom. The molecule has 36 heavy (non-hydrogen) atoms. The van der Waals surface area contributed by atoms with Crippen LogP contribution in [0.3, 0.4) is 0 Å². The lowest BCUT2D eigenvalue weighted by Crippen LogP contribution is -2.55. The van der Waals surface area contributed by atoms with E-state index in [-0.39, 0.29) is 30.8 Å². The highest BCUT2D eigenvalue weighted by Gasteiger charge is 2.32. The van der Waals surface area contributed by atoms with E-state index in [0.29, 0.717) is 12.2 Å². The standard InChI is InChI=1S/C30H35FN2O3/c1-21-10-9-13-27(22(21)2)36-20-28(34)33(19-24-14-16-25(31)17-15-24)26(29(35)32-30(3,4)5)18-23-11-7-6-8-12-23/h6-17,26H,18-20H2,1-5H3,(H,32,35)/t26-/m0/s1. The topological polar surface area (TPSA) is 58.6 Å². The number of nitrogens with one attached hydrogen (secondary N) is 1. The maximum atomic E-state index is 13.6. The summed E-state index contributed by atoms with van der Waals surface area (Å²) in [6, 6.07) is 20.5. The summed E-state index contributed by atoms with van der Waals surface area (Å²) in [6.45, 7) is 9.56. The first-order valence-corrected chi connectivity index (χ1v) is 12.1. The summed E-state index contributed by atoms with van der Waals surface area (Å²) in [5, 5.41) is 3.03. The molecule has 0 radical (unpaired) electrons. The third-order valence-electron chi connectivity index (χ3n) is 5.94. The minimum Gasteiger partial charge on any atom is -0.483 e. The van der Waals surface area contributed by atoms with Crippen molar-refractivity contribution in [2.24, 2.45) is 0 Å². The largest absolute Gasteiger partial charge is 0.483 e. The number of ether oxygens (including phenoxy) is 1. The molecule has 0 bridgehead atoms. The molecule has 2 amide bonds. The van der Waals surface area contributed by atoms with Crippen molar-refractivity contribution in [3.8, 4) is 5.75 Å². The van der Waals surface area contributed by atoms with Gasteiger partial charge in [0.05, 0.1) is 0 Å². The summed E-state index contributed by atoms with van der Waals surface area (Å²) < 4.78 is 19.5. The molecular formula is C30H35FN2O3. The normalized spacial score (nSPS) is 12.1. The fourth-order valence-electron chi connectivity index (χ4n) is 3.90. The molecule has 190 valence electrons. The van der Waals surface area contributed by atoms with E-state index in [9.17, 15) is 14.0 Å². The molecule has 3 aromatic carbocycles. The van der Waals surface area contributed by atoms with Gasteiger partial charge in [-0.1, -0.05) is 54.6 Å². The number of nitrogens with zero attached hydrogens (tertiary/aromatic N) is 1. The molecule has 3 rings (SSSR count). The zero-order valence-corrected chi connectivity index (χ0v) is 21.7. The highest BCUT2D eigenvalue weighted by molar-refractivity contribution is 5.89. The molecule has 0 aliphatic heterocycles. The van der Waals surface area contributed by atoms with Gasteiger partial charge in [-0.25, -0.2) is 4.39 Å². The van der Waals surface area contributed by atoms with Crippen molar-refractivity contribution in [1.82, 2.24) is 10.2 Å². The van der Waals surface area contributed by atoms with Gasteiger partial charge in [0.2, 0.25) is 5.91 Å². The Hall–Kier alpha value is -3.67. The van der Waals surface area contributed by atoms with Crippen molar-refractivity contribution in [2.75, 3.05) is 6.61 Å². The highest BCUT2D eigenvalue weighted by Crippen LogP contribution is 2.22. The first kappa shape index (κ1) is 26.9. The lowest BCUT2D eigenvalue weighted by molar-refractivity contribution is -0.143. The van der Waals surface area contributed by atoms with Gasteiger partial charge >= 0.3 is 0 Å². The molecule has 0 unspecified atom stereocenters. The van der Waals surface area contributed by atoms with E-state index < -0.39 is 11.6 Å². The number of rotatable bonds is 9. The molecule has 0 aromatic heterocycles. The van der Waals surface area contributed by atoms with Crippen LogP contribution < -0.4 is 10.1 Å². The Morgan fingerprint density at radius 2 is 1.58 bits per heavy atom. The van der Waals surface area contributed by atoms with Gasteiger partial charge in [-0.2, -0.15) is 0 Å². The number of benzene rings is 3. The molecule has 0 fully saturated rings. The molecule has 0 spiro atoms. The van der Waals surface area contributed by atoms with Crippen molar-refractivity contribution >= 4 is 11.8 Å². The molecule has 3 aromatic rings. The molecule has 0 saturated carbocycles. The smallest absolute Gasteiger partial charge is 0.261 e. The average molecular weight is 491 g/mol. The van der Waals surface area contributed by atoms with Crippen molar-refractivity contribution in [3.05, 3.63) is 101 Å². The first-order chi connectivity index (χ1) is 17.0. The highest BCUT2D eigenvalue weighted by atomic mass is 19.1. The number of amides is 2. The van der Waals surface area contributed by atoms with Gasteiger partial charge in [0.1, 0.15) is 17.6 Å². The van der Waals surface area contributed by atoms with Crippen LogP contribution in [0.4, 0.5) is 4.39 Å². The van der Waals surface area contributed by atoms with Gasteiger partial charge < -0.3 is 15.0 Å². The predicted octanol–water partition coefficient (Wildman–Crippen LogP) is 5.38. The molecule has 1 N–H and O–H groups in total. The van der Waals surface area contributed by atoms with E-state index in [1.54, 1.807) is 12.1 Å². The summed E-state index contributed by atoms with van der Waals surface area (Å²) in [7, 11) is 0. The SMILES string of the molecule is Cc1cccc(OCC(=O)N(Cc2ccc(F)cc2)[C@@H](Cc2ccccc2)C(=O)NC(C)(C)C)c1C. The molecule has 1 atom stereocenters. The summed E-state index contributed by atoms with van der Waals surface area (Å²) in [5.74, 6) is -0.316. The Morgan fingerprint density at radius 3 is 2.22 bits per heavy atom. The lowest BCUT2D eigenvalue weighted by Gasteiger charge is -2.33. The van der Waals surface area contributed by atoms with Gasteiger partial charge in [-0.05, 0) is 75.1 Å². The summed E-state index contributed by atoms with van der Waals surface area (Å²) >= 11 is 0. The van der Waals surface area contributed by atoms with E-state index >= 15 is 0 Å². The molecule has 6 heteroatoms. The number of aryl methyl sites for hydroxylation is 1. The van der Waals surface area contributed by atoms with Crippen LogP contribution in [0.2, 0.25) is 0 Å². The number of carbonyl (C=O) groups is 2. The van der Waals surface area contributed by atoms with E-state index in [2.05, 4.69) is 5.32 Å². The second-order valence-corrected chi connectivity index (χ2v) is 10.1. The van der Waals surface area contributed by atoms with Crippen LogP contribution in [0.1, 0.15) is 43.0 Å². The number of halogens is 1. The first-order valence-electron chi connectivity index (χ1n) is 12.1. The second kappa shape index (κ2) is 11.8. The Balaban J connectivity index is 1.94. The van der Waals surface area contributed by atoms with Gasteiger partial charge in [0.15, 0.2) is 6.61 Å². The van der Waals surface area contributed by atoms with Crippen molar-refractivity contribution < 1.29 is 18.7 Å². The minimum absolute atomic E-state index is 0.143. The second-order valence-electron chi connectivity index (χ2n) is 10.1. The third-order valence-corrected chi connectivity index (χ3v) is 5.94. The van der Waals surface area contributed by atoms with Gasteiger partial charge in [0.25, 0.3) is 5.91 Å². The average Bonchev–Trinajstić information content (AvgIpc) is 2.83. The van der Waals surface area contributed by atoms with Crippen LogP contribution in [0.5, 0.6) is 5.75 Å². The van der Waals surface area contributed by atoms with E-state index in [1.165, 1.54) is 17.0 Å². The summed E-state index contributed by atoms with van der Waals surface area (Å²) in [4.78, 5) is 28.7. The molecule has 0 aliphatic carbocycles. The van der Waals surface area contributed by atoms with Gasteiger partial charge in [-0.3, -0.25) is 9.59 Å². The fourth-order valence-corrected chi connectivity index (χ4v) is 3.90. The number of hydrogen-bond acceptors (Lipinski definition) is 3. The minimum atomic E-state index is -0.786. The van der Waals surface area contributed by atoms with Crippen molar-refractivity contribution in [2.45, 2.75) is 59.2 Å². The van der Waals surface area contributed by atoms with Crippen molar-refractivity contribution in [3.63, 3.8) is 0 Å². The van der Waals surface area contributed by atoms with Crippen LogP contribution in [0.25, 0.3) is 0 Å². The van der Waals surface area contributed by atoms with Crippen LogP contribution >= 0.6 is 0 Å². The third kappa shape index (κ3) is 7.67. The predicted molar refractivity (Wildman–Crippen MR) is 140 cm³/mol. The van der Waals surface area contributed by atoms with Crippen LogP contribution in [-0.4, -0.2) is 34.9 Å². The maximum absolute atomic E-state index is 13.6. The molecule has 0 aliphatic rings. The Labute approximate surface area is 213 Å². The van der Waals surface area contributed by atoms with Gasteiger partial charge in [0, 0.05) is 18.5 Å². The number of hydrogen-bond donors (Lipinski definition) is 1.